The lowest BCUT2D eigenvalue weighted by atomic mass is 9.79. The second kappa shape index (κ2) is 10.2. The zero-order valence-corrected chi connectivity index (χ0v) is 19.9. The Bertz CT molecular complexity index is 1140. The average molecular weight is 488 g/mol. The molecule has 1 heterocycles. The van der Waals surface area contributed by atoms with E-state index in [1.807, 2.05) is 0 Å². The SMILES string of the molecule is COc1cc([C@@]2(O)Oc3c(cc(/C=C/COC(C)=O)cc3OC)C[C@]2(O)COC(C)=O)ccc1O. The molecule has 10 nitrogen and oxygen atoms in total. The Morgan fingerprint density at radius 3 is 2.34 bits per heavy atom. The summed E-state index contributed by atoms with van der Waals surface area (Å²) in [7, 11) is 2.76. The van der Waals surface area contributed by atoms with Crippen molar-refractivity contribution in [2.45, 2.75) is 31.7 Å². The van der Waals surface area contributed by atoms with Crippen LogP contribution in [-0.2, 0) is 31.3 Å². The molecule has 0 spiro atoms. The minimum absolute atomic E-state index is 0.0420. The summed E-state index contributed by atoms with van der Waals surface area (Å²) < 4.78 is 26.6. The lowest BCUT2D eigenvalue weighted by molar-refractivity contribution is -0.287. The van der Waals surface area contributed by atoms with E-state index in [1.54, 1.807) is 24.3 Å². The Morgan fingerprint density at radius 1 is 1.03 bits per heavy atom. The molecule has 3 rings (SSSR count). The van der Waals surface area contributed by atoms with E-state index in [-0.39, 0.29) is 41.6 Å². The minimum Gasteiger partial charge on any atom is -0.504 e. The molecule has 1 aliphatic rings. The summed E-state index contributed by atoms with van der Waals surface area (Å²) in [5.41, 5.74) is -0.942. The van der Waals surface area contributed by atoms with Crippen LogP contribution in [0.3, 0.4) is 0 Å². The van der Waals surface area contributed by atoms with Gasteiger partial charge in [-0.1, -0.05) is 6.08 Å². The first kappa shape index (κ1) is 25.9. The highest BCUT2D eigenvalue weighted by Gasteiger charge is 2.58. The van der Waals surface area contributed by atoms with Gasteiger partial charge >= 0.3 is 11.9 Å². The van der Waals surface area contributed by atoms with E-state index in [0.717, 1.165) is 0 Å². The third kappa shape index (κ3) is 5.33. The summed E-state index contributed by atoms with van der Waals surface area (Å²) in [6.07, 6.45) is 3.15. The molecule has 0 aromatic heterocycles. The van der Waals surface area contributed by atoms with Crippen LogP contribution >= 0.6 is 0 Å². The number of hydrogen-bond donors (Lipinski definition) is 3. The number of phenols is 1. The van der Waals surface area contributed by atoms with Crippen molar-refractivity contribution in [3.8, 4) is 23.0 Å². The number of ether oxygens (including phenoxy) is 5. The molecule has 0 unspecified atom stereocenters. The molecule has 3 N–H and O–H groups in total. The first-order valence-corrected chi connectivity index (χ1v) is 10.7. The van der Waals surface area contributed by atoms with Crippen molar-refractivity contribution < 1.29 is 48.6 Å². The van der Waals surface area contributed by atoms with Gasteiger partial charge in [-0.3, -0.25) is 9.59 Å². The van der Waals surface area contributed by atoms with E-state index in [4.69, 9.17) is 23.7 Å². The van der Waals surface area contributed by atoms with E-state index in [1.165, 1.54) is 46.3 Å². The van der Waals surface area contributed by atoms with Crippen molar-refractivity contribution in [3.05, 3.63) is 53.1 Å². The number of hydrogen-bond acceptors (Lipinski definition) is 10. The fourth-order valence-corrected chi connectivity index (χ4v) is 3.79. The largest absolute Gasteiger partial charge is 0.504 e. The van der Waals surface area contributed by atoms with Crippen LogP contribution < -0.4 is 14.2 Å². The van der Waals surface area contributed by atoms with Crippen molar-refractivity contribution in [1.82, 2.24) is 0 Å². The Labute approximate surface area is 202 Å². The van der Waals surface area contributed by atoms with Gasteiger partial charge in [0.2, 0.25) is 0 Å². The number of phenolic OH excluding ortho intramolecular Hbond substituents is 1. The number of aromatic hydroxyl groups is 1. The number of rotatable bonds is 8. The monoisotopic (exact) mass is 488 g/mol. The lowest BCUT2D eigenvalue weighted by Crippen LogP contribution is -2.62. The summed E-state index contributed by atoms with van der Waals surface area (Å²) in [4.78, 5) is 22.5. The van der Waals surface area contributed by atoms with Crippen LogP contribution in [0, 0.1) is 0 Å². The van der Waals surface area contributed by atoms with Crippen molar-refractivity contribution in [2.24, 2.45) is 0 Å². The Kier molecular flexibility index (Phi) is 7.57. The highest BCUT2D eigenvalue weighted by atomic mass is 16.7. The second-order valence-electron chi connectivity index (χ2n) is 8.04. The van der Waals surface area contributed by atoms with Gasteiger partial charge in [0.15, 0.2) is 28.6 Å². The second-order valence-corrected chi connectivity index (χ2v) is 8.04. The van der Waals surface area contributed by atoms with Gasteiger partial charge in [-0.25, -0.2) is 0 Å². The molecule has 0 bridgehead atoms. The summed E-state index contributed by atoms with van der Waals surface area (Å²) in [5.74, 6) is -3.17. The molecule has 2 aromatic rings. The predicted molar refractivity (Wildman–Crippen MR) is 123 cm³/mol. The van der Waals surface area contributed by atoms with Crippen molar-refractivity contribution in [2.75, 3.05) is 27.4 Å². The van der Waals surface area contributed by atoms with Gasteiger partial charge in [-0.2, -0.15) is 0 Å². The highest BCUT2D eigenvalue weighted by Crippen LogP contribution is 2.49. The van der Waals surface area contributed by atoms with Gasteiger partial charge in [0.25, 0.3) is 5.79 Å². The maximum atomic E-state index is 11.7. The van der Waals surface area contributed by atoms with Gasteiger partial charge in [-0.05, 0) is 42.0 Å². The molecule has 1 aliphatic heterocycles. The number of carbonyl (C=O) groups excluding carboxylic acids is 2. The third-order valence-electron chi connectivity index (χ3n) is 5.52. The standard InChI is InChI=1S/C25H28O10/c1-15(26)33-9-5-6-17-10-18-13-24(29,14-34-16(2)27)25(30,35-23(18)22(11-17)32-4)19-7-8-20(28)21(12-19)31-3/h5-8,10-12,28-30H,9,13-14H2,1-4H3/b6-5+/t24-,25+/m0/s1. The van der Waals surface area contributed by atoms with Crippen LogP contribution in [0.15, 0.2) is 36.4 Å². The zero-order chi connectivity index (χ0) is 25.8. The molecule has 2 aromatic carbocycles. The van der Waals surface area contributed by atoms with E-state index in [9.17, 15) is 24.9 Å². The van der Waals surface area contributed by atoms with Gasteiger partial charge in [0.05, 0.1) is 14.2 Å². The maximum Gasteiger partial charge on any atom is 0.302 e. The summed E-state index contributed by atoms with van der Waals surface area (Å²) in [6, 6.07) is 7.32. The molecular formula is C25H28O10. The number of esters is 2. The lowest BCUT2D eigenvalue weighted by Gasteiger charge is -2.46. The van der Waals surface area contributed by atoms with Crippen molar-refractivity contribution in [3.63, 3.8) is 0 Å². The van der Waals surface area contributed by atoms with Crippen molar-refractivity contribution >= 4 is 18.0 Å². The fraction of sp³-hybridized carbons (Fsp3) is 0.360. The molecule has 0 fully saturated rings. The van der Waals surface area contributed by atoms with Crippen molar-refractivity contribution in [1.29, 1.82) is 0 Å². The molecule has 10 heteroatoms. The molecule has 0 amide bonds. The summed E-state index contributed by atoms with van der Waals surface area (Å²) >= 11 is 0. The molecule has 35 heavy (non-hydrogen) atoms. The fourth-order valence-electron chi connectivity index (χ4n) is 3.79. The third-order valence-corrected chi connectivity index (χ3v) is 5.52. The summed E-state index contributed by atoms with van der Waals surface area (Å²) in [5, 5.41) is 33.3. The molecular weight excluding hydrogens is 460 g/mol. The molecule has 0 radical (unpaired) electrons. The molecule has 2 atom stereocenters. The van der Waals surface area contributed by atoms with Crippen LogP contribution in [-0.4, -0.2) is 60.3 Å². The van der Waals surface area contributed by atoms with Crippen LogP contribution in [0.4, 0.5) is 0 Å². The van der Waals surface area contributed by atoms with E-state index in [0.29, 0.717) is 11.1 Å². The van der Waals surface area contributed by atoms with Gasteiger partial charge in [-0.15, -0.1) is 0 Å². The topological polar surface area (TPSA) is 141 Å². The molecule has 0 saturated heterocycles. The Balaban J connectivity index is 2.10. The van der Waals surface area contributed by atoms with Gasteiger partial charge in [0, 0.05) is 31.4 Å². The van der Waals surface area contributed by atoms with Crippen LogP contribution in [0.25, 0.3) is 6.08 Å². The predicted octanol–water partition coefficient (Wildman–Crippen LogP) is 2.06. The van der Waals surface area contributed by atoms with Gasteiger partial charge < -0.3 is 39.0 Å². The quantitative estimate of drug-likeness (QED) is 0.473. The highest BCUT2D eigenvalue weighted by molar-refractivity contribution is 5.67. The average Bonchev–Trinajstić information content (AvgIpc) is 2.81. The normalized spacial score (nSPS) is 21.1. The number of benzene rings is 2. The number of methoxy groups -OCH3 is 2. The molecule has 0 saturated carbocycles. The Morgan fingerprint density at radius 2 is 1.71 bits per heavy atom. The first-order chi connectivity index (χ1) is 16.5. The maximum absolute atomic E-state index is 11.7. The number of carbonyl (C=O) groups is 2. The Hall–Kier alpha value is -3.76. The summed E-state index contributed by atoms with van der Waals surface area (Å²) in [6.45, 7) is 1.97. The van der Waals surface area contributed by atoms with Crippen LogP contribution in [0.5, 0.6) is 23.0 Å². The van der Waals surface area contributed by atoms with E-state index < -0.39 is 29.9 Å². The van der Waals surface area contributed by atoms with Crippen LogP contribution in [0.1, 0.15) is 30.5 Å². The van der Waals surface area contributed by atoms with Crippen LogP contribution in [0.2, 0.25) is 0 Å². The van der Waals surface area contributed by atoms with Gasteiger partial charge in [0.1, 0.15) is 13.2 Å². The number of fused-ring (bicyclic) bond motifs is 1. The smallest absolute Gasteiger partial charge is 0.302 e. The first-order valence-electron chi connectivity index (χ1n) is 10.7. The molecule has 0 aliphatic carbocycles. The number of aliphatic hydroxyl groups is 2. The zero-order valence-electron chi connectivity index (χ0n) is 19.9. The van der Waals surface area contributed by atoms with E-state index in [2.05, 4.69) is 0 Å². The van der Waals surface area contributed by atoms with E-state index >= 15 is 0 Å². The minimum atomic E-state index is -2.41. The molecule has 188 valence electrons.